The van der Waals surface area contributed by atoms with Gasteiger partial charge < -0.3 is 15.4 Å². The van der Waals surface area contributed by atoms with E-state index in [4.69, 9.17) is 11.6 Å². The number of pyridine rings is 1. The molecule has 132 valence electrons. The Hall–Kier alpha value is -2.81. The van der Waals surface area contributed by atoms with Gasteiger partial charge in [0.2, 0.25) is 0 Å². The standard InChI is InChI=1S/C15H11ClF3N3O3/c1-20-14(24)10-7-21-12(16)6-11(10)22-13(23)8-2-4-9(5-3-8)25-15(17,18)19/h2-7H,1H3,(H,20,24)(H,21,22,23). The third-order valence-electron chi connectivity index (χ3n) is 2.94. The lowest BCUT2D eigenvalue weighted by molar-refractivity contribution is -0.274. The van der Waals surface area contributed by atoms with Crippen molar-refractivity contribution in [1.29, 1.82) is 0 Å². The summed E-state index contributed by atoms with van der Waals surface area (Å²) in [5, 5.41) is 4.90. The minimum Gasteiger partial charge on any atom is -0.406 e. The molecule has 0 aliphatic heterocycles. The summed E-state index contributed by atoms with van der Waals surface area (Å²) in [6.45, 7) is 0. The number of benzene rings is 1. The van der Waals surface area contributed by atoms with Gasteiger partial charge in [0, 0.05) is 18.8 Å². The molecule has 0 saturated heterocycles. The van der Waals surface area contributed by atoms with E-state index in [1.54, 1.807) is 0 Å². The highest BCUT2D eigenvalue weighted by molar-refractivity contribution is 6.30. The highest BCUT2D eigenvalue weighted by Crippen LogP contribution is 2.24. The molecule has 1 heterocycles. The lowest BCUT2D eigenvalue weighted by Crippen LogP contribution is -2.22. The molecule has 1 aromatic carbocycles. The second-order valence-electron chi connectivity index (χ2n) is 4.66. The van der Waals surface area contributed by atoms with Crippen molar-refractivity contribution in [2.24, 2.45) is 0 Å². The van der Waals surface area contributed by atoms with Crippen molar-refractivity contribution >= 4 is 29.1 Å². The molecule has 2 rings (SSSR count). The molecule has 0 radical (unpaired) electrons. The maximum absolute atomic E-state index is 12.2. The van der Waals surface area contributed by atoms with Crippen molar-refractivity contribution in [2.45, 2.75) is 6.36 Å². The Morgan fingerprint density at radius 1 is 1.16 bits per heavy atom. The summed E-state index contributed by atoms with van der Waals surface area (Å²) in [6.07, 6.45) is -3.63. The van der Waals surface area contributed by atoms with Crippen molar-refractivity contribution in [3.63, 3.8) is 0 Å². The van der Waals surface area contributed by atoms with Crippen LogP contribution in [0.4, 0.5) is 18.9 Å². The first-order chi connectivity index (χ1) is 11.7. The fraction of sp³-hybridized carbons (Fsp3) is 0.133. The van der Waals surface area contributed by atoms with Crippen molar-refractivity contribution in [2.75, 3.05) is 12.4 Å². The van der Waals surface area contributed by atoms with Gasteiger partial charge in [0.25, 0.3) is 11.8 Å². The number of amides is 2. The van der Waals surface area contributed by atoms with Crippen molar-refractivity contribution in [3.05, 3.63) is 52.8 Å². The van der Waals surface area contributed by atoms with Crippen molar-refractivity contribution < 1.29 is 27.5 Å². The number of aromatic nitrogens is 1. The minimum atomic E-state index is -4.82. The molecule has 0 fully saturated rings. The van der Waals surface area contributed by atoms with Crippen molar-refractivity contribution in [1.82, 2.24) is 10.3 Å². The number of alkyl halides is 3. The molecule has 25 heavy (non-hydrogen) atoms. The Morgan fingerprint density at radius 2 is 1.80 bits per heavy atom. The number of anilines is 1. The van der Waals surface area contributed by atoms with Crippen LogP contribution in [-0.2, 0) is 0 Å². The number of halogens is 4. The van der Waals surface area contributed by atoms with Crippen LogP contribution >= 0.6 is 11.6 Å². The topological polar surface area (TPSA) is 80.3 Å². The molecular formula is C15H11ClF3N3O3. The van der Waals surface area contributed by atoms with Crippen LogP contribution in [0.3, 0.4) is 0 Å². The number of hydrogen-bond acceptors (Lipinski definition) is 4. The highest BCUT2D eigenvalue weighted by Gasteiger charge is 2.31. The molecule has 1 aromatic heterocycles. The lowest BCUT2D eigenvalue weighted by Gasteiger charge is -2.11. The summed E-state index contributed by atoms with van der Waals surface area (Å²) >= 11 is 5.76. The molecule has 2 aromatic rings. The monoisotopic (exact) mass is 373 g/mol. The van der Waals surface area contributed by atoms with Gasteiger partial charge in [-0.2, -0.15) is 0 Å². The van der Waals surface area contributed by atoms with Crippen LogP contribution in [0, 0.1) is 0 Å². The number of carbonyl (C=O) groups excluding carboxylic acids is 2. The first kappa shape index (κ1) is 18.5. The Labute approximate surface area is 145 Å². The van der Waals surface area contributed by atoms with Gasteiger partial charge in [-0.15, -0.1) is 13.2 Å². The number of nitrogens with one attached hydrogen (secondary N) is 2. The first-order valence-corrected chi connectivity index (χ1v) is 7.12. The lowest BCUT2D eigenvalue weighted by atomic mass is 10.1. The summed E-state index contributed by atoms with van der Waals surface area (Å²) in [5.74, 6) is -1.60. The van der Waals surface area contributed by atoms with E-state index in [1.807, 2.05) is 0 Å². The van der Waals surface area contributed by atoms with Crippen LogP contribution in [0.5, 0.6) is 5.75 Å². The molecule has 0 aliphatic carbocycles. The van der Waals surface area contributed by atoms with E-state index < -0.39 is 23.9 Å². The van der Waals surface area contributed by atoms with E-state index in [-0.39, 0.29) is 22.0 Å². The zero-order chi connectivity index (χ0) is 18.6. The second-order valence-corrected chi connectivity index (χ2v) is 5.05. The molecule has 0 unspecified atom stereocenters. The summed E-state index contributed by atoms with van der Waals surface area (Å²) in [5.41, 5.74) is 0.252. The predicted octanol–water partition coefficient (Wildman–Crippen LogP) is 3.25. The summed E-state index contributed by atoms with van der Waals surface area (Å²) in [7, 11) is 1.40. The molecule has 0 saturated carbocycles. The zero-order valence-corrected chi connectivity index (χ0v) is 13.4. The normalized spacial score (nSPS) is 10.9. The summed E-state index contributed by atoms with van der Waals surface area (Å²) < 4.78 is 40.1. The highest BCUT2D eigenvalue weighted by atomic mass is 35.5. The summed E-state index contributed by atoms with van der Waals surface area (Å²) in [4.78, 5) is 27.8. The number of carbonyl (C=O) groups is 2. The van der Waals surface area contributed by atoms with E-state index >= 15 is 0 Å². The van der Waals surface area contributed by atoms with Gasteiger partial charge in [0.15, 0.2) is 0 Å². The van der Waals surface area contributed by atoms with E-state index in [1.165, 1.54) is 19.3 Å². The Kier molecular flexibility index (Phi) is 5.48. The maximum atomic E-state index is 12.2. The molecule has 6 nitrogen and oxygen atoms in total. The largest absolute Gasteiger partial charge is 0.573 e. The second kappa shape index (κ2) is 7.39. The quantitative estimate of drug-likeness (QED) is 0.806. The summed E-state index contributed by atoms with van der Waals surface area (Å²) in [6, 6.07) is 5.59. The van der Waals surface area contributed by atoms with Crippen LogP contribution in [0.25, 0.3) is 0 Å². The number of nitrogens with zero attached hydrogens (tertiary/aromatic N) is 1. The van der Waals surface area contributed by atoms with Crippen LogP contribution in [-0.4, -0.2) is 30.2 Å². The van der Waals surface area contributed by atoms with Gasteiger partial charge in [0.1, 0.15) is 10.9 Å². The zero-order valence-electron chi connectivity index (χ0n) is 12.6. The predicted molar refractivity (Wildman–Crippen MR) is 83.7 cm³/mol. The van der Waals surface area contributed by atoms with E-state index in [0.29, 0.717) is 0 Å². The third kappa shape index (κ3) is 5.08. The molecule has 0 atom stereocenters. The SMILES string of the molecule is CNC(=O)c1cnc(Cl)cc1NC(=O)c1ccc(OC(F)(F)F)cc1. The molecule has 0 bridgehead atoms. The van der Waals surface area contributed by atoms with Gasteiger partial charge in [-0.05, 0) is 30.3 Å². The van der Waals surface area contributed by atoms with Gasteiger partial charge >= 0.3 is 6.36 Å². The van der Waals surface area contributed by atoms with E-state index in [9.17, 15) is 22.8 Å². The fourth-order valence-corrected chi connectivity index (χ4v) is 2.01. The smallest absolute Gasteiger partial charge is 0.406 e. The van der Waals surface area contributed by atoms with Gasteiger partial charge in [-0.25, -0.2) is 4.98 Å². The van der Waals surface area contributed by atoms with Crippen LogP contribution in [0.2, 0.25) is 5.15 Å². The molecule has 0 aliphatic rings. The first-order valence-electron chi connectivity index (χ1n) is 6.74. The van der Waals surface area contributed by atoms with Crippen LogP contribution in [0.1, 0.15) is 20.7 Å². The average molecular weight is 374 g/mol. The van der Waals surface area contributed by atoms with Gasteiger partial charge in [0.05, 0.1) is 11.3 Å². The molecule has 0 spiro atoms. The average Bonchev–Trinajstić information content (AvgIpc) is 2.53. The molecule has 2 N–H and O–H groups in total. The van der Waals surface area contributed by atoms with E-state index in [0.717, 1.165) is 24.3 Å². The molecular weight excluding hydrogens is 363 g/mol. The van der Waals surface area contributed by atoms with Gasteiger partial charge in [-0.1, -0.05) is 11.6 Å². The number of ether oxygens (including phenoxy) is 1. The third-order valence-corrected chi connectivity index (χ3v) is 3.15. The van der Waals surface area contributed by atoms with Crippen LogP contribution < -0.4 is 15.4 Å². The minimum absolute atomic E-state index is 0.0527. The number of hydrogen-bond donors (Lipinski definition) is 2. The molecule has 10 heteroatoms. The Bertz CT molecular complexity index is 795. The van der Waals surface area contributed by atoms with E-state index in [2.05, 4.69) is 20.4 Å². The van der Waals surface area contributed by atoms with Gasteiger partial charge in [-0.3, -0.25) is 9.59 Å². The molecule has 2 amide bonds. The Balaban J connectivity index is 2.20. The Morgan fingerprint density at radius 3 is 2.36 bits per heavy atom. The maximum Gasteiger partial charge on any atom is 0.573 e. The number of rotatable bonds is 4. The fourth-order valence-electron chi connectivity index (χ4n) is 1.85. The van der Waals surface area contributed by atoms with Crippen molar-refractivity contribution in [3.8, 4) is 5.75 Å². The van der Waals surface area contributed by atoms with Crippen LogP contribution in [0.15, 0.2) is 36.5 Å².